The molecule has 124 valence electrons. The number of benzene rings is 1. The predicted octanol–water partition coefficient (Wildman–Crippen LogP) is 0.413. The number of methoxy groups -OCH3 is 2. The molecule has 0 aliphatic carbocycles. The summed E-state index contributed by atoms with van der Waals surface area (Å²) in [5, 5.41) is 6.06. The Bertz CT molecular complexity index is 615. The molecule has 0 aliphatic rings. The van der Waals surface area contributed by atoms with Gasteiger partial charge in [0, 0.05) is 38.0 Å². The zero-order chi connectivity index (χ0) is 16.6. The van der Waals surface area contributed by atoms with E-state index in [1.54, 1.807) is 27.3 Å². The summed E-state index contributed by atoms with van der Waals surface area (Å²) in [6, 6.07) is 5.55. The van der Waals surface area contributed by atoms with Crippen LogP contribution >= 0.6 is 0 Å². The number of aliphatic imine (C=N–C) groups is 1. The lowest BCUT2D eigenvalue weighted by molar-refractivity contribution is 0.390. The Morgan fingerprint density at radius 2 is 1.95 bits per heavy atom. The number of hydrogen-bond donors (Lipinski definition) is 2. The average molecular weight is 329 g/mol. The zero-order valence-electron chi connectivity index (χ0n) is 13.3. The van der Waals surface area contributed by atoms with Crippen molar-refractivity contribution in [1.82, 2.24) is 10.6 Å². The van der Waals surface area contributed by atoms with Gasteiger partial charge in [0.1, 0.15) is 21.3 Å². The van der Waals surface area contributed by atoms with Gasteiger partial charge in [0.25, 0.3) is 0 Å². The van der Waals surface area contributed by atoms with Crippen LogP contribution in [0.25, 0.3) is 0 Å². The molecule has 1 aromatic rings. The molecule has 0 fully saturated rings. The predicted molar refractivity (Wildman–Crippen MR) is 87.5 cm³/mol. The van der Waals surface area contributed by atoms with Crippen LogP contribution in [0, 0.1) is 0 Å². The molecule has 1 aromatic carbocycles. The molecule has 1 rings (SSSR count). The number of ether oxygens (including phenoxy) is 2. The molecule has 0 spiro atoms. The highest BCUT2D eigenvalue weighted by atomic mass is 32.2. The molecule has 0 saturated heterocycles. The minimum absolute atomic E-state index is 0.0551. The first-order chi connectivity index (χ1) is 10.4. The highest BCUT2D eigenvalue weighted by Crippen LogP contribution is 2.24. The summed E-state index contributed by atoms with van der Waals surface area (Å²) in [6.45, 7) is 0.796. The molecule has 0 unspecified atom stereocenters. The molecule has 7 nitrogen and oxygen atoms in total. The van der Waals surface area contributed by atoms with Crippen molar-refractivity contribution in [1.29, 1.82) is 0 Å². The zero-order valence-corrected chi connectivity index (χ0v) is 14.2. The van der Waals surface area contributed by atoms with Crippen molar-refractivity contribution < 1.29 is 17.9 Å². The minimum Gasteiger partial charge on any atom is -0.497 e. The van der Waals surface area contributed by atoms with E-state index < -0.39 is 9.84 Å². The van der Waals surface area contributed by atoms with Gasteiger partial charge in [0.05, 0.1) is 20.0 Å². The van der Waals surface area contributed by atoms with Crippen LogP contribution in [-0.4, -0.2) is 54.2 Å². The minimum atomic E-state index is -2.99. The summed E-state index contributed by atoms with van der Waals surface area (Å²) in [6.07, 6.45) is 1.20. The molecule has 0 amide bonds. The van der Waals surface area contributed by atoms with E-state index >= 15 is 0 Å². The Morgan fingerprint density at radius 1 is 1.23 bits per heavy atom. The van der Waals surface area contributed by atoms with Crippen molar-refractivity contribution in [3.05, 3.63) is 23.8 Å². The van der Waals surface area contributed by atoms with Gasteiger partial charge in [-0.05, 0) is 12.1 Å². The van der Waals surface area contributed by atoms with Gasteiger partial charge in [0.2, 0.25) is 0 Å². The molecule has 0 atom stereocenters. The SMILES string of the molecule is CN=C(NCCS(C)(=O)=O)NCc1ccc(OC)cc1OC. The van der Waals surface area contributed by atoms with Crippen LogP contribution in [0.1, 0.15) is 5.56 Å². The van der Waals surface area contributed by atoms with E-state index in [1.807, 2.05) is 12.1 Å². The Balaban J connectivity index is 2.60. The number of hydrogen-bond acceptors (Lipinski definition) is 5. The smallest absolute Gasteiger partial charge is 0.191 e. The molecule has 22 heavy (non-hydrogen) atoms. The molecular weight excluding hydrogens is 306 g/mol. The molecule has 0 aliphatic heterocycles. The van der Waals surface area contributed by atoms with Crippen LogP contribution in [0.4, 0.5) is 0 Å². The van der Waals surface area contributed by atoms with Crippen molar-refractivity contribution in [2.45, 2.75) is 6.54 Å². The average Bonchev–Trinajstić information content (AvgIpc) is 2.49. The molecule has 0 radical (unpaired) electrons. The second-order valence-corrected chi connectivity index (χ2v) is 6.92. The largest absolute Gasteiger partial charge is 0.497 e. The second kappa shape index (κ2) is 8.47. The first-order valence-electron chi connectivity index (χ1n) is 6.72. The van der Waals surface area contributed by atoms with Gasteiger partial charge >= 0.3 is 0 Å². The third-order valence-electron chi connectivity index (χ3n) is 2.93. The van der Waals surface area contributed by atoms with Gasteiger partial charge in [-0.2, -0.15) is 0 Å². The lowest BCUT2D eigenvalue weighted by Gasteiger charge is -2.14. The topological polar surface area (TPSA) is 89.0 Å². The van der Waals surface area contributed by atoms with Gasteiger partial charge in [0.15, 0.2) is 5.96 Å². The van der Waals surface area contributed by atoms with Crippen molar-refractivity contribution in [2.75, 3.05) is 39.8 Å². The summed E-state index contributed by atoms with van der Waals surface area (Å²) >= 11 is 0. The number of nitrogens with zero attached hydrogens (tertiary/aromatic N) is 1. The third-order valence-corrected chi connectivity index (χ3v) is 3.88. The number of sulfone groups is 1. The normalized spacial score (nSPS) is 11.9. The van der Waals surface area contributed by atoms with E-state index in [4.69, 9.17) is 9.47 Å². The molecular formula is C14H23N3O4S. The van der Waals surface area contributed by atoms with Gasteiger partial charge in [-0.15, -0.1) is 0 Å². The fraction of sp³-hybridized carbons (Fsp3) is 0.500. The van der Waals surface area contributed by atoms with Crippen LogP contribution in [0.2, 0.25) is 0 Å². The maximum Gasteiger partial charge on any atom is 0.191 e. The van der Waals surface area contributed by atoms with Crippen molar-refractivity contribution >= 4 is 15.8 Å². The summed E-state index contributed by atoms with van der Waals surface area (Å²) < 4.78 is 32.7. The molecule has 0 bridgehead atoms. The fourth-order valence-corrected chi connectivity index (χ4v) is 2.23. The van der Waals surface area contributed by atoms with Crippen LogP contribution in [0.15, 0.2) is 23.2 Å². The monoisotopic (exact) mass is 329 g/mol. The van der Waals surface area contributed by atoms with Gasteiger partial charge in [-0.25, -0.2) is 8.42 Å². The Hall–Kier alpha value is -1.96. The second-order valence-electron chi connectivity index (χ2n) is 4.66. The van der Waals surface area contributed by atoms with E-state index in [0.29, 0.717) is 24.8 Å². The van der Waals surface area contributed by atoms with Crippen molar-refractivity contribution in [2.24, 2.45) is 4.99 Å². The quantitative estimate of drug-likeness (QED) is 0.556. The van der Waals surface area contributed by atoms with Crippen LogP contribution in [-0.2, 0) is 16.4 Å². The molecule has 0 heterocycles. The van der Waals surface area contributed by atoms with E-state index in [9.17, 15) is 8.42 Å². The summed E-state index contributed by atoms with van der Waals surface area (Å²) in [5.41, 5.74) is 0.939. The number of guanidine groups is 1. The highest BCUT2D eigenvalue weighted by molar-refractivity contribution is 7.90. The molecule has 0 saturated carbocycles. The van der Waals surface area contributed by atoms with E-state index in [2.05, 4.69) is 15.6 Å². The number of rotatable bonds is 7. The van der Waals surface area contributed by atoms with Gasteiger partial charge in [-0.1, -0.05) is 0 Å². The third kappa shape index (κ3) is 6.21. The van der Waals surface area contributed by atoms with E-state index in [0.717, 1.165) is 11.3 Å². The van der Waals surface area contributed by atoms with E-state index in [-0.39, 0.29) is 5.75 Å². The Labute approximate surface area is 131 Å². The molecule has 0 aromatic heterocycles. The highest BCUT2D eigenvalue weighted by Gasteiger charge is 2.07. The molecule has 2 N–H and O–H groups in total. The summed E-state index contributed by atoms with van der Waals surface area (Å²) in [5.74, 6) is 2.01. The Morgan fingerprint density at radius 3 is 2.50 bits per heavy atom. The van der Waals surface area contributed by atoms with Crippen LogP contribution in [0.3, 0.4) is 0 Å². The number of nitrogens with one attached hydrogen (secondary N) is 2. The van der Waals surface area contributed by atoms with Crippen molar-refractivity contribution in [3.8, 4) is 11.5 Å². The Kier molecular flexibility index (Phi) is 6.97. The summed E-state index contributed by atoms with van der Waals surface area (Å²) in [4.78, 5) is 4.05. The van der Waals surface area contributed by atoms with Crippen LogP contribution in [0.5, 0.6) is 11.5 Å². The standard InChI is InChI=1S/C14H23N3O4S/c1-15-14(16-7-8-22(4,18)19)17-10-11-5-6-12(20-2)9-13(11)21-3/h5-6,9H,7-8,10H2,1-4H3,(H2,15,16,17). The summed E-state index contributed by atoms with van der Waals surface area (Å²) in [7, 11) is 1.83. The maximum absolute atomic E-state index is 11.1. The van der Waals surface area contributed by atoms with Gasteiger partial charge < -0.3 is 20.1 Å². The van der Waals surface area contributed by atoms with E-state index in [1.165, 1.54) is 6.26 Å². The lowest BCUT2D eigenvalue weighted by atomic mass is 10.2. The first kappa shape index (κ1) is 18.1. The molecule has 8 heteroatoms. The maximum atomic E-state index is 11.1. The van der Waals surface area contributed by atoms with Gasteiger partial charge in [-0.3, -0.25) is 4.99 Å². The van der Waals surface area contributed by atoms with Crippen LogP contribution < -0.4 is 20.1 Å². The fourth-order valence-electron chi connectivity index (χ4n) is 1.75. The first-order valence-corrected chi connectivity index (χ1v) is 8.79. The lowest BCUT2D eigenvalue weighted by Crippen LogP contribution is -2.39. The van der Waals surface area contributed by atoms with Crippen molar-refractivity contribution in [3.63, 3.8) is 0 Å².